The standard InChI is InChI=1S/C17H35N3O/c1-14(2)20(4)12-6-5-11-19-16(21)17(13-18)9-7-15(3)8-10-17/h14-15H,5-13,18H2,1-4H3,(H,19,21). The van der Waals surface area contributed by atoms with E-state index >= 15 is 0 Å². The molecular formula is C17H35N3O. The molecule has 1 saturated carbocycles. The highest BCUT2D eigenvalue weighted by molar-refractivity contribution is 5.83. The van der Waals surface area contributed by atoms with Gasteiger partial charge in [-0.1, -0.05) is 6.92 Å². The van der Waals surface area contributed by atoms with Crippen LogP contribution in [-0.2, 0) is 4.79 Å². The molecule has 0 aromatic carbocycles. The van der Waals surface area contributed by atoms with E-state index in [4.69, 9.17) is 5.73 Å². The monoisotopic (exact) mass is 297 g/mol. The molecule has 4 heteroatoms. The zero-order chi connectivity index (χ0) is 15.9. The summed E-state index contributed by atoms with van der Waals surface area (Å²) >= 11 is 0. The van der Waals surface area contributed by atoms with E-state index < -0.39 is 0 Å². The Bertz CT molecular complexity index is 309. The minimum atomic E-state index is -0.290. The summed E-state index contributed by atoms with van der Waals surface area (Å²) < 4.78 is 0. The quantitative estimate of drug-likeness (QED) is 0.676. The number of nitrogens with one attached hydrogen (secondary N) is 1. The molecule has 124 valence electrons. The van der Waals surface area contributed by atoms with Crippen molar-refractivity contribution in [3.8, 4) is 0 Å². The summed E-state index contributed by atoms with van der Waals surface area (Å²) in [6.07, 6.45) is 6.33. The third kappa shape index (κ3) is 5.59. The molecule has 0 aliphatic heterocycles. The normalized spacial score (nSPS) is 26.3. The molecule has 0 aromatic rings. The lowest BCUT2D eigenvalue weighted by Crippen LogP contribution is -2.48. The van der Waals surface area contributed by atoms with Gasteiger partial charge < -0.3 is 16.0 Å². The zero-order valence-corrected chi connectivity index (χ0v) is 14.5. The Labute approximate surface area is 130 Å². The second-order valence-electron chi connectivity index (χ2n) is 7.20. The average Bonchev–Trinajstić information content (AvgIpc) is 2.47. The number of carbonyl (C=O) groups excluding carboxylic acids is 1. The number of unbranched alkanes of at least 4 members (excludes halogenated alkanes) is 1. The van der Waals surface area contributed by atoms with Crippen LogP contribution in [0.15, 0.2) is 0 Å². The first-order chi connectivity index (χ1) is 9.91. The van der Waals surface area contributed by atoms with Gasteiger partial charge in [-0.2, -0.15) is 0 Å². The van der Waals surface area contributed by atoms with E-state index in [1.54, 1.807) is 0 Å². The second-order valence-corrected chi connectivity index (χ2v) is 7.20. The fourth-order valence-corrected chi connectivity index (χ4v) is 2.97. The highest BCUT2D eigenvalue weighted by Crippen LogP contribution is 2.38. The Kier molecular flexibility index (Phi) is 7.67. The molecule has 0 heterocycles. The van der Waals surface area contributed by atoms with Gasteiger partial charge in [-0.05, 0) is 71.9 Å². The topological polar surface area (TPSA) is 58.4 Å². The Morgan fingerprint density at radius 3 is 2.48 bits per heavy atom. The van der Waals surface area contributed by atoms with Crippen molar-refractivity contribution in [2.75, 3.05) is 26.7 Å². The molecule has 0 bridgehead atoms. The van der Waals surface area contributed by atoms with E-state index in [2.05, 4.69) is 38.0 Å². The van der Waals surface area contributed by atoms with Crippen LogP contribution in [0.5, 0.6) is 0 Å². The van der Waals surface area contributed by atoms with E-state index in [0.29, 0.717) is 12.6 Å². The van der Waals surface area contributed by atoms with E-state index in [9.17, 15) is 4.79 Å². The zero-order valence-electron chi connectivity index (χ0n) is 14.5. The number of hydrogen-bond acceptors (Lipinski definition) is 3. The van der Waals surface area contributed by atoms with E-state index in [-0.39, 0.29) is 11.3 Å². The van der Waals surface area contributed by atoms with Crippen LogP contribution in [0.25, 0.3) is 0 Å². The van der Waals surface area contributed by atoms with Gasteiger partial charge >= 0.3 is 0 Å². The summed E-state index contributed by atoms with van der Waals surface area (Å²) in [4.78, 5) is 14.8. The highest BCUT2D eigenvalue weighted by Gasteiger charge is 2.39. The molecule has 0 unspecified atom stereocenters. The SMILES string of the molecule is CC1CCC(CN)(C(=O)NCCCCN(C)C(C)C)CC1. The lowest BCUT2D eigenvalue weighted by Gasteiger charge is -2.37. The number of carbonyl (C=O) groups is 1. The van der Waals surface area contributed by atoms with Gasteiger partial charge in [0.15, 0.2) is 0 Å². The van der Waals surface area contributed by atoms with Crippen LogP contribution in [-0.4, -0.2) is 43.5 Å². The van der Waals surface area contributed by atoms with Gasteiger partial charge in [0.1, 0.15) is 0 Å². The van der Waals surface area contributed by atoms with Crippen LogP contribution < -0.4 is 11.1 Å². The van der Waals surface area contributed by atoms with Crippen molar-refractivity contribution in [3.05, 3.63) is 0 Å². The number of hydrogen-bond donors (Lipinski definition) is 2. The summed E-state index contributed by atoms with van der Waals surface area (Å²) in [7, 11) is 2.15. The molecular weight excluding hydrogens is 262 g/mol. The van der Waals surface area contributed by atoms with Crippen molar-refractivity contribution in [2.24, 2.45) is 17.1 Å². The van der Waals surface area contributed by atoms with Gasteiger partial charge in [-0.25, -0.2) is 0 Å². The predicted molar refractivity (Wildman–Crippen MR) is 89.1 cm³/mol. The molecule has 0 radical (unpaired) electrons. The molecule has 0 spiro atoms. The molecule has 1 amide bonds. The van der Waals surface area contributed by atoms with Crippen LogP contribution in [0.2, 0.25) is 0 Å². The minimum Gasteiger partial charge on any atom is -0.356 e. The first-order valence-electron chi connectivity index (χ1n) is 8.60. The van der Waals surface area contributed by atoms with Gasteiger partial charge in [0.25, 0.3) is 0 Å². The van der Waals surface area contributed by atoms with Crippen LogP contribution in [0.1, 0.15) is 59.3 Å². The summed E-state index contributed by atoms with van der Waals surface area (Å²) in [5, 5.41) is 3.12. The molecule has 1 aliphatic carbocycles. The number of nitrogens with two attached hydrogens (primary N) is 1. The molecule has 4 nitrogen and oxygen atoms in total. The molecule has 1 rings (SSSR count). The largest absolute Gasteiger partial charge is 0.356 e. The van der Waals surface area contributed by atoms with E-state index in [1.165, 1.54) is 0 Å². The number of rotatable bonds is 8. The molecule has 0 saturated heterocycles. The van der Waals surface area contributed by atoms with Crippen molar-refractivity contribution >= 4 is 5.91 Å². The third-order valence-corrected chi connectivity index (χ3v) is 5.21. The van der Waals surface area contributed by atoms with E-state index in [0.717, 1.165) is 57.5 Å². The van der Waals surface area contributed by atoms with Crippen molar-refractivity contribution in [1.82, 2.24) is 10.2 Å². The first-order valence-corrected chi connectivity index (χ1v) is 8.60. The van der Waals surface area contributed by atoms with Gasteiger partial charge in [-0.3, -0.25) is 4.79 Å². The molecule has 1 fully saturated rings. The van der Waals surface area contributed by atoms with Gasteiger partial charge in [0.05, 0.1) is 5.41 Å². The number of amides is 1. The van der Waals surface area contributed by atoms with Crippen molar-refractivity contribution in [2.45, 2.75) is 65.3 Å². The smallest absolute Gasteiger partial charge is 0.227 e. The predicted octanol–water partition coefficient (Wildman–Crippen LogP) is 2.38. The Morgan fingerprint density at radius 1 is 1.33 bits per heavy atom. The van der Waals surface area contributed by atoms with Gasteiger partial charge in [-0.15, -0.1) is 0 Å². The van der Waals surface area contributed by atoms with Crippen LogP contribution in [0, 0.1) is 11.3 Å². The molecule has 0 aromatic heterocycles. The van der Waals surface area contributed by atoms with Crippen LogP contribution in [0.3, 0.4) is 0 Å². The molecule has 1 aliphatic rings. The Balaban J connectivity index is 2.26. The summed E-state index contributed by atoms with van der Waals surface area (Å²) in [5.41, 5.74) is 5.63. The van der Waals surface area contributed by atoms with Crippen molar-refractivity contribution in [3.63, 3.8) is 0 Å². The molecule has 0 atom stereocenters. The van der Waals surface area contributed by atoms with Crippen LogP contribution in [0.4, 0.5) is 0 Å². The minimum absolute atomic E-state index is 0.189. The Morgan fingerprint density at radius 2 is 1.95 bits per heavy atom. The fourth-order valence-electron chi connectivity index (χ4n) is 2.97. The first kappa shape index (κ1) is 18.4. The second kappa shape index (κ2) is 8.74. The third-order valence-electron chi connectivity index (χ3n) is 5.21. The maximum atomic E-state index is 12.5. The van der Waals surface area contributed by atoms with Crippen LogP contribution >= 0.6 is 0 Å². The summed E-state index contributed by atoms with van der Waals surface area (Å²) in [6, 6.07) is 0.587. The maximum Gasteiger partial charge on any atom is 0.227 e. The van der Waals surface area contributed by atoms with Gasteiger partial charge in [0.2, 0.25) is 5.91 Å². The average molecular weight is 297 g/mol. The summed E-state index contributed by atoms with van der Waals surface area (Å²) in [6.45, 7) is 9.04. The molecule has 3 N–H and O–H groups in total. The van der Waals surface area contributed by atoms with E-state index in [1.807, 2.05) is 0 Å². The molecule has 21 heavy (non-hydrogen) atoms. The lowest BCUT2D eigenvalue weighted by atomic mass is 9.70. The van der Waals surface area contributed by atoms with Gasteiger partial charge in [0, 0.05) is 19.1 Å². The Hall–Kier alpha value is -0.610. The van der Waals surface area contributed by atoms with Crippen molar-refractivity contribution < 1.29 is 4.79 Å². The highest BCUT2D eigenvalue weighted by atomic mass is 16.2. The fraction of sp³-hybridized carbons (Fsp3) is 0.941. The maximum absolute atomic E-state index is 12.5. The lowest BCUT2D eigenvalue weighted by molar-refractivity contribution is -0.132. The summed E-state index contributed by atoms with van der Waals surface area (Å²) in [5.74, 6) is 0.929. The van der Waals surface area contributed by atoms with Crippen molar-refractivity contribution in [1.29, 1.82) is 0 Å². The number of nitrogens with zero attached hydrogens (tertiary/aromatic N) is 1.